The Hall–Kier alpha value is -2.75. The summed E-state index contributed by atoms with van der Waals surface area (Å²) < 4.78 is 30.1. The molecular formula is C26H33N5O3S. The molecule has 1 aromatic heterocycles. The fraction of sp³-hybridized carbons (Fsp3) is 0.462. The maximum absolute atomic E-state index is 13.2. The molecule has 0 radical (unpaired) electrons. The van der Waals surface area contributed by atoms with E-state index in [1.165, 1.54) is 11.1 Å². The first-order valence-electron chi connectivity index (χ1n) is 12.3. The summed E-state index contributed by atoms with van der Waals surface area (Å²) in [5.41, 5.74) is 4.82. The van der Waals surface area contributed by atoms with Crippen LogP contribution in [0, 0.1) is 0 Å². The van der Waals surface area contributed by atoms with Crippen LogP contribution >= 0.6 is 0 Å². The first kappa shape index (κ1) is 24.0. The predicted octanol–water partition coefficient (Wildman–Crippen LogP) is 2.71. The van der Waals surface area contributed by atoms with E-state index in [4.69, 9.17) is 4.98 Å². The lowest BCUT2D eigenvalue weighted by atomic mass is 10.1. The van der Waals surface area contributed by atoms with Crippen molar-refractivity contribution < 1.29 is 13.2 Å². The van der Waals surface area contributed by atoms with Crippen LogP contribution in [0.5, 0.6) is 0 Å². The van der Waals surface area contributed by atoms with Crippen LogP contribution in [-0.4, -0.2) is 65.3 Å². The minimum atomic E-state index is -3.48. The van der Waals surface area contributed by atoms with Crippen LogP contribution in [0.3, 0.4) is 0 Å². The molecule has 0 atom stereocenters. The van der Waals surface area contributed by atoms with E-state index in [-0.39, 0.29) is 11.9 Å². The van der Waals surface area contributed by atoms with E-state index in [9.17, 15) is 13.2 Å². The molecule has 8 nitrogen and oxygen atoms in total. The lowest BCUT2D eigenvalue weighted by Gasteiger charge is -2.33. The number of amides is 1. The van der Waals surface area contributed by atoms with E-state index < -0.39 is 10.0 Å². The molecule has 1 saturated heterocycles. The molecule has 1 fully saturated rings. The van der Waals surface area contributed by atoms with Gasteiger partial charge in [0.1, 0.15) is 5.82 Å². The molecule has 1 aliphatic heterocycles. The van der Waals surface area contributed by atoms with Crippen molar-refractivity contribution in [1.82, 2.24) is 24.1 Å². The molecule has 0 spiro atoms. The number of rotatable bonds is 6. The van der Waals surface area contributed by atoms with Crippen molar-refractivity contribution in [2.75, 3.05) is 26.2 Å². The zero-order valence-corrected chi connectivity index (χ0v) is 21.4. The third kappa shape index (κ3) is 4.72. The Morgan fingerprint density at radius 3 is 2.51 bits per heavy atom. The lowest BCUT2D eigenvalue weighted by Crippen LogP contribution is -2.48. The Balaban J connectivity index is 1.26. The number of hydrogen-bond donors (Lipinski definition) is 1. The Labute approximate surface area is 207 Å². The molecule has 1 amide bonds. The second-order valence-corrected chi connectivity index (χ2v) is 11.8. The highest BCUT2D eigenvalue weighted by atomic mass is 32.2. The van der Waals surface area contributed by atoms with Crippen LogP contribution in [-0.2, 0) is 36.5 Å². The van der Waals surface area contributed by atoms with Gasteiger partial charge < -0.3 is 9.88 Å². The molecular weight excluding hydrogens is 462 g/mol. The zero-order chi connectivity index (χ0) is 24.7. The van der Waals surface area contributed by atoms with Gasteiger partial charge in [-0.3, -0.25) is 9.69 Å². The third-order valence-corrected chi connectivity index (χ3v) is 8.95. The van der Waals surface area contributed by atoms with Gasteiger partial charge in [0.05, 0.1) is 22.5 Å². The summed E-state index contributed by atoms with van der Waals surface area (Å²) in [5, 5.41) is 2.92. The first-order valence-corrected chi connectivity index (χ1v) is 13.8. The zero-order valence-electron chi connectivity index (χ0n) is 20.6. The first-order chi connectivity index (χ1) is 16.7. The summed E-state index contributed by atoms with van der Waals surface area (Å²) in [5.74, 6) is 0.797. The highest BCUT2D eigenvalue weighted by molar-refractivity contribution is 7.89. The van der Waals surface area contributed by atoms with E-state index in [2.05, 4.69) is 10.2 Å². The third-order valence-electron chi connectivity index (χ3n) is 7.06. The van der Waals surface area contributed by atoms with Gasteiger partial charge in [-0.05, 0) is 74.6 Å². The summed E-state index contributed by atoms with van der Waals surface area (Å²) in [6.45, 7) is 6.72. The Bertz CT molecular complexity index is 1370. The number of fused-ring (bicyclic) bond motifs is 2. The van der Waals surface area contributed by atoms with E-state index in [0.29, 0.717) is 43.2 Å². The molecule has 2 aliphatic rings. The number of carbonyl (C=O) groups excluding carboxylic acids is 1. The number of piperazine rings is 1. The van der Waals surface area contributed by atoms with Crippen LogP contribution < -0.4 is 5.32 Å². The summed E-state index contributed by atoms with van der Waals surface area (Å²) in [7, 11) is -1.50. The van der Waals surface area contributed by atoms with Gasteiger partial charge in [0.2, 0.25) is 10.0 Å². The molecule has 5 rings (SSSR count). The average Bonchev–Trinajstić information content (AvgIpc) is 3.42. The fourth-order valence-electron chi connectivity index (χ4n) is 5.06. The number of nitrogens with zero attached hydrogens (tertiary/aromatic N) is 4. The number of aromatic nitrogens is 2. The quantitative estimate of drug-likeness (QED) is 0.568. The monoisotopic (exact) mass is 495 g/mol. The van der Waals surface area contributed by atoms with E-state index in [1.807, 2.05) is 55.8 Å². The minimum absolute atomic E-state index is 0.0719. The summed E-state index contributed by atoms with van der Waals surface area (Å²) in [6, 6.07) is 11.3. The lowest BCUT2D eigenvalue weighted by molar-refractivity contribution is 0.0943. The van der Waals surface area contributed by atoms with Crippen LogP contribution in [0.4, 0.5) is 0 Å². The highest BCUT2D eigenvalue weighted by Gasteiger charge is 2.30. The molecule has 9 heteroatoms. The smallest absolute Gasteiger partial charge is 0.251 e. The standard InChI is InChI=1S/C26H33N5O3S/c1-18(2)27-26(32)21-8-10-24-23(16-21)28-25(29(24)3)17-30-11-13-31(14-12-30)35(33,34)22-9-7-19-5-4-6-20(19)15-22/h7-10,15-16,18H,4-6,11-14,17H2,1-3H3,(H,27,32). The van der Waals surface area contributed by atoms with Crippen molar-refractivity contribution in [2.24, 2.45) is 7.05 Å². The maximum Gasteiger partial charge on any atom is 0.251 e. The molecule has 0 bridgehead atoms. The van der Waals surface area contributed by atoms with Crippen LogP contribution in [0.25, 0.3) is 11.0 Å². The van der Waals surface area contributed by atoms with E-state index >= 15 is 0 Å². The normalized spacial score (nSPS) is 17.3. The van der Waals surface area contributed by atoms with Gasteiger partial charge >= 0.3 is 0 Å². The summed E-state index contributed by atoms with van der Waals surface area (Å²) in [6.07, 6.45) is 3.11. The van der Waals surface area contributed by atoms with E-state index in [0.717, 1.165) is 36.1 Å². The minimum Gasteiger partial charge on any atom is -0.350 e. The molecule has 0 saturated carbocycles. The van der Waals surface area contributed by atoms with Crippen LogP contribution in [0.15, 0.2) is 41.3 Å². The molecule has 1 aliphatic carbocycles. The van der Waals surface area contributed by atoms with Gasteiger partial charge in [0.25, 0.3) is 5.91 Å². The Kier molecular flexibility index (Phi) is 6.41. The Morgan fingerprint density at radius 1 is 1.03 bits per heavy atom. The van der Waals surface area contributed by atoms with Crippen molar-refractivity contribution in [2.45, 2.75) is 50.6 Å². The number of sulfonamides is 1. The molecule has 2 heterocycles. The van der Waals surface area contributed by atoms with Crippen LogP contribution in [0.2, 0.25) is 0 Å². The highest BCUT2D eigenvalue weighted by Crippen LogP contribution is 2.27. The number of carbonyl (C=O) groups is 1. The fourth-order valence-corrected chi connectivity index (χ4v) is 6.54. The number of benzene rings is 2. The molecule has 35 heavy (non-hydrogen) atoms. The van der Waals surface area contributed by atoms with Gasteiger partial charge in [-0.1, -0.05) is 6.07 Å². The topological polar surface area (TPSA) is 87.5 Å². The summed E-state index contributed by atoms with van der Waals surface area (Å²) >= 11 is 0. The number of hydrogen-bond acceptors (Lipinski definition) is 5. The molecule has 2 aromatic carbocycles. The molecule has 3 aromatic rings. The SMILES string of the molecule is CC(C)NC(=O)c1ccc2c(c1)nc(CN1CCN(S(=O)(=O)c3ccc4c(c3)CCC4)CC1)n2C. The summed E-state index contributed by atoms with van der Waals surface area (Å²) in [4.78, 5) is 19.8. The molecule has 186 valence electrons. The van der Waals surface area contributed by atoms with Gasteiger partial charge in [-0.15, -0.1) is 0 Å². The van der Waals surface area contributed by atoms with Crippen molar-refractivity contribution in [1.29, 1.82) is 0 Å². The van der Waals surface area contributed by atoms with Crippen molar-refractivity contribution in [3.05, 3.63) is 58.9 Å². The molecule has 1 N–H and O–H groups in total. The predicted molar refractivity (Wildman–Crippen MR) is 136 cm³/mol. The van der Waals surface area contributed by atoms with Gasteiger partial charge in [0, 0.05) is 44.8 Å². The van der Waals surface area contributed by atoms with Crippen molar-refractivity contribution in [3.63, 3.8) is 0 Å². The Morgan fingerprint density at radius 2 is 1.77 bits per heavy atom. The van der Waals surface area contributed by atoms with Crippen molar-refractivity contribution in [3.8, 4) is 0 Å². The average molecular weight is 496 g/mol. The molecule has 0 unspecified atom stereocenters. The van der Waals surface area contributed by atoms with Gasteiger partial charge in [-0.2, -0.15) is 4.31 Å². The second kappa shape index (κ2) is 9.37. The largest absolute Gasteiger partial charge is 0.350 e. The maximum atomic E-state index is 13.2. The van der Waals surface area contributed by atoms with Gasteiger partial charge in [0.15, 0.2) is 0 Å². The van der Waals surface area contributed by atoms with Gasteiger partial charge in [-0.25, -0.2) is 13.4 Å². The number of nitrogens with one attached hydrogen (secondary N) is 1. The second-order valence-electron chi connectivity index (χ2n) is 9.88. The number of aryl methyl sites for hydroxylation is 3. The van der Waals surface area contributed by atoms with Crippen LogP contribution in [0.1, 0.15) is 47.6 Å². The van der Waals surface area contributed by atoms with E-state index in [1.54, 1.807) is 10.4 Å². The van der Waals surface area contributed by atoms with Crippen molar-refractivity contribution >= 4 is 27.0 Å². The number of imidazole rings is 1.